The van der Waals surface area contributed by atoms with Gasteiger partial charge in [-0.2, -0.15) is 5.10 Å². The monoisotopic (exact) mass is 454 g/mol. The summed E-state index contributed by atoms with van der Waals surface area (Å²) in [6.45, 7) is 8.29. The summed E-state index contributed by atoms with van der Waals surface area (Å²) in [5, 5.41) is 5.06. The van der Waals surface area contributed by atoms with E-state index in [2.05, 4.69) is 10.1 Å². The zero-order chi connectivity index (χ0) is 24.3. The topological polar surface area (TPSA) is 136 Å². The fraction of sp³-hybridized carbons (Fsp3) is 0.435. The van der Waals surface area contributed by atoms with Gasteiger partial charge in [0.25, 0.3) is 17.0 Å². The lowest BCUT2D eigenvalue weighted by Crippen LogP contribution is -2.43. The number of anilines is 2. The van der Waals surface area contributed by atoms with E-state index in [0.29, 0.717) is 23.7 Å². The average molecular weight is 455 g/mol. The van der Waals surface area contributed by atoms with Gasteiger partial charge in [0.15, 0.2) is 11.4 Å². The van der Waals surface area contributed by atoms with Crippen molar-refractivity contribution in [2.24, 2.45) is 5.92 Å². The lowest BCUT2D eigenvalue weighted by atomic mass is 10.1. The average Bonchev–Trinajstić information content (AvgIpc) is 2.78. The Bertz CT molecular complexity index is 1350. The molecule has 0 aliphatic rings. The number of unbranched alkanes of at least 4 members (excludes halogenated alkanes) is 1. The molecule has 0 atom stereocenters. The molecule has 3 rings (SSSR count). The number of nitrogens with one attached hydrogen (secondary N) is 1. The largest absolute Gasteiger partial charge is 0.383 e. The smallest absolute Gasteiger partial charge is 0.330 e. The molecule has 2 heterocycles. The molecule has 2 aromatic heterocycles. The molecule has 33 heavy (non-hydrogen) atoms. The van der Waals surface area contributed by atoms with Crippen LogP contribution in [0.1, 0.15) is 51.0 Å². The van der Waals surface area contributed by atoms with Crippen LogP contribution in [0.2, 0.25) is 0 Å². The summed E-state index contributed by atoms with van der Waals surface area (Å²) in [6.07, 6.45) is 1.50. The Balaban J connectivity index is 2.28. The lowest BCUT2D eigenvalue weighted by Gasteiger charge is -2.26. The fourth-order valence-electron chi connectivity index (χ4n) is 3.75. The Morgan fingerprint density at radius 3 is 2.42 bits per heavy atom. The van der Waals surface area contributed by atoms with Crippen molar-refractivity contribution in [2.75, 3.05) is 17.2 Å². The zero-order valence-corrected chi connectivity index (χ0v) is 19.4. The second kappa shape index (κ2) is 9.85. The predicted octanol–water partition coefficient (Wildman–Crippen LogP) is 1.95. The minimum atomic E-state index is -0.743. The Hall–Kier alpha value is -3.69. The van der Waals surface area contributed by atoms with Crippen LogP contribution < -0.4 is 27.4 Å². The van der Waals surface area contributed by atoms with E-state index in [4.69, 9.17) is 5.73 Å². The number of amides is 1. The first-order chi connectivity index (χ1) is 15.7. The van der Waals surface area contributed by atoms with Gasteiger partial charge >= 0.3 is 5.69 Å². The minimum Gasteiger partial charge on any atom is -0.383 e. The van der Waals surface area contributed by atoms with Crippen molar-refractivity contribution in [3.05, 3.63) is 61.2 Å². The van der Waals surface area contributed by atoms with Gasteiger partial charge in [-0.05, 0) is 25.3 Å². The number of carbonyl (C=O) groups excluding carboxylic acids is 1. The van der Waals surface area contributed by atoms with Gasteiger partial charge in [0.1, 0.15) is 5.82 Å². The molecule has 10 nitrogen and oxygen atoms in total. The van der Waals surface area contributed by atoms with E-state index in [1.165, 1.54) is 14.1 Å². The van der Waals surface area contributed by atoms with Crippen LogP contribution in [-0.4, -0.2) is 31.8 Å². The molecule has 176 valence electrons. The van der Waals surface area contributed by atoms with Crippen LogP contribution in [0.4, 0.5) is 11.5 Å². The van der Waals surface area contributed by atoms with E-state index in [0.717, 1.165) is 6.42 Å². The van der Waals surface area contributed by atoms with Crippen LogP contribution >= 0.6 is 0 Å². The van der Waals surface area contributed by atoms with Crippen molar-refractivity contribution in [1.29, 1.82) is 0 Å². The normalized spacial score (nSPS) is 11.3. The third-order valence-corrected chi connectivity index (χ3v) is 5.38. The summed E-state index contributed by atoms with van der Waals surface area (Å²) < 4.78 is 2.50. The summed E-state index contributed by atoms with van der Waals surface area (Å²) in [6, 6.07) is 6.73. The summed E-state index contributed by atoms with van der Waals surface area (Å²) in [5.74, 6) is -0.661. The number of carbonyl (C=O) groups is 1. The lowest BCUT2D eigenvalue weighted by molar-refractivity contribution is 0.0978. The maximum atomic E-state index is 13.8. The van der Waals surface area contributed by atoms with Gasteiger partial charge in [0, 0.05) is 25.0 Å². The van der Waals surface area contributed by atoms with Crippen molar-refractivity contribution in [1.82, 2.24) is 19.3 Å². The molecule has 3 aromatic rings. The maximum absolute atomic E-state index is 13.8. The highest BCUT2D eigenvalue weighted by Gasteiger charge is 2.29. The van der Waals surface area contributed by atoms with Gasteiger partial charge < -0.3 is 5.73 Å². The molecule has 0 saturated heterocycles. The second-order valence-electron chi connectivity index (χ2n) is 8.32. The summed E-state index contributed by atoms with van der Waals surface area (Å²) >= 11 is 0. The van der Waals surface area contributed by atoms with Crippen LogP contribution in [0.15, 0.2) is 38.6 Å². The van der Waals surface area contributed by atoms with Gasteiger partial charge in [-0.25, -0.2) is 9.48 Å². The highest BCUT2D eigenvalue weighted by atomic mass is 16.2. The molecule has 0 saturated carbocycles. The molecule has 3 N–H and O–H groups in total. The number of nitrogen functional groups attached to an aromatic ring is 1. The van der Waals surface area contributed by atoms with Crippen LogP contribution in [0.5, 0.6) is 0 Å². The SMILES string of the molecule is CCCCn1c(N)c(N(CC(C)C)C(=O)c2nn(CC)c(=O)c3ccccc23)c(=O)[nH]c1=O. The Labute approximate surface area is 190 Å². The zero-order valence-electron chi connectivity index (χ0n) is 19.4. The molecule has 0 unspecified atom stereocenters. The standard InChI is InChI=1S/C23H30N6O4/c1-5-7-12-27-19(24)18(20(30)25-23(27)33)28(13-14(3)4)22(32)17-15-10-8-9-11-16(15)21(31)29(6-2)26-17/h8-11,14H,5-7,12-13,24H2,1-4H3,(H,25,30,33). The third-order valence-electron chi connectivity index (χ3n) is 5.38. The van der Waals surface area contributed by atoms with Crippen molar-refractivity contribution < 1.29 is 4.79 Å². The molecule has 0 fully saturated rings. The molecular weight excluding hydrogens is 424 g/mol. The van der Waals surface area contributed by atoms with E-state index in [1.54, 1.807) is 31.2 Å². The molecule has 1 aromatic carbocycles. The predicted molar refractivity (Wildman–Crippen MR) is 129 cm³/mol. The number of fused-ring (bicyclic) bond motifs is 1. The van der Waals surface area contributed by atoms with Crippen molar-refractivity contribution in [3.63, 3.8) is 0 Å². The molecule has 0 bridgehead atoms. The number of aryl methyl sites for hydroxylation is 1. The van der Waals surface area contributed by atoms with Gasteiger partial charge in [0.05, 0.1) is 5.39 Å². The molecule has 0 aliphatic heterocycles. The number of aromatic nitrogens is 4. The Kier molecular flexibility index (Phi) is 7.15. The fourth-order valence-corrected chi connectivity index (χ4v) is 3.75. The van der Waals surface area contributed by atoms with Gasteiger partial charge in [-0.3, -0.25) is 28.8 Å². The van der Waals surface area contributed by atoms with Crippen LogP contribution in [0.3, 0.4) is 0 Å². The maximum Gasteiger partial charge on any atom is 0.330 e. The number of nitrogens with two attached hydrogens (primary N) is 1. The molecule has 0 radical (unpaired) electrons. The van der Waals surface area contributed by atoms with Gasteiger partial charge in [-0.1, -0.05) is 45.4 Å². The van der Waals surface area contributed by atoms with Gasteiger partial charge in [-0.15, -0.1) is 0 Å². The van der Waals surface area contributed by atoms with Crippen LogP contribution in [0, 0.1) is 5.92 Å². The second-order valence-corrected chi connectivity index (χ2v) is 8.32. The third kappa shape index (κ3) is 4.59. The summed E-state index contributed by atoms with van der Waals surface area (Å²) in [5.41, 5.74) is 4.57. The number of rotatable bonds is 8. The first-order valence-electron chi connectivity index (χ1n) is 11.2. The summed E-state index contributed by atoms with van der Waals surface area (Å²) in [4.78, 5) is 55.3. The van der Waals surface area contributed by atoms with Gasteiger partial charge in [0.2, 0.25) is 0 Å². The van der Waals surface area contributed by atoms with E-state index in [1.807, 2.05) is 20.8 Å². The highest BCUT2D eigenvalue weighted by Crippen LogP contribution is 2.23. The molecule has 0 spiro atoms. The number of H-pyrrole nitrogens is 1. The van der Waals surface area contributed by atoms with E-state index < -0.39 is 17.2 Å². The first kappa shape index (κ1) is 24.0. The minimum absolute atomic E-state index is 0.0212. The molecule has 0 aliphatic carbocycles. The first-order valence-corrected chi connectivity index (χ1v) is 11.2. The highest BCUT2D eigenvalue weighted by molar-refractivity contribution is 6.13. The van der Waals surface area contributed by atoms with Crippen LogP contribution in [-0.2, 0) is 13.1 Å². The van der Waals surface area contributed by atoms with E-state index in [-0.39, 0.29) is 41.8 Å². The molecular formula is C23H30N6O4. The quantitative estimate of drug-likeness (QED) is 0.534. The Morgan fingerprint density at radius 1 is 1.15 bits per heavy atom. The Morgan fingerprint density at radius 2 is 1.82 bits per heavy atom. The van der Waals surface area contributed by atoms with Crippen molar-refractivity contribution >= 4 is 28.2 Å². The number of benzene rings is 1. The van der Waals surface area contributed by atoms with E-state index >= 15 is 0 Å². The number of hydrogen-bond donors (Lipinski definition) is 2. The van der Waals surface area contributed by atoms with Crippen molar-refractivity contribution in [2.45, 2.75) is 53.6 Å². The van der Waals surface area contributed by atoms with Crippen molar-refractivity contribution in [3.8, 4) is 0 Å². The number of nitrogens with zero attached hydrogens (tertiary/aromatic N) is 4. The molecule has 10 heteroatoms. The number of aromatic amines is 1. The number of hydrogen-bond acceptors (Lipinski definition) is 6. The van der Waals surface area contributed by atoms with Crippen LogP contribution in [0.25, 0.3) is 10.8 Å². The van der Waals surface area contributed by atoms with E-state index in [9.17, 15) is 19.2 Å². The molecule has 1 amide bonds. The summed E-state index contributed by atoms with van der Waals surface area (Å²) in [7, 11) is 0.